The minimum absolute atomic E-state index is 0.00998. The molecule has 4 rings (SSSR count). The summed E-state index contributed by atoms with van der Waals surface area (Å²) in [5.41, 5.74) is 0.0869. The van der Waals surface area contributed by atoms with Crippen LogP contribution in [0.2, 0.25) is 0 Å². The lowest BCUT2D eigenvalue weighted by molar-refractivity contribution is -0.155. The van der Waals surface area contributed by atoms with Crippen molar-refractivity contribution in [2.45, 2.75) is 51.4 Å². The van der Waals surface area contributed by atoms with E-state index in [4.69, 9.17) is 0 Å². The highest BCUT2D eigenvalue weighted by Crippen LogP contribution is 2.67. The third kappa shape index (κ3) is 2.26. The Morgan fingerprint density at radius 1 is 1.11 bits per heavy atom. The Bertz CT molecular complexity index is 404. The van der Waals surface area contributed by atoms with E-state index in [2.05, 4.69) is 5.32 Å². The molecule has 4 heteroatoms. The van der Waals surface area contributed by atoms with E-state index in [1.165, 1.54) is 6.42 Å². The minimum Gasteiger partial charge on any atom is -0.481 e. The van der Waals surface area contributed by atoms with E-state index in [1.54, 1.807) is 7.05 Å². The molecule has 4 bridgehead atoms. The summed E-state index contributed by atoms with van der Waals surface area (Å²) < 4.78 is 0. The van der Waals surface area contributed by atoms with Crippen molar-refractivity contribution in [1.29, 1.82) is 0 Å². The van der Waals surface area contributed by atoms with E-state index < -0.39 is 5.97 Å². The molecule has 0 aromatic carbocycles. The molecule has 2 N–H and O–H groups in total. The highest BCUT2D eigenvalue weighted by molar-refractivity contribution is 5.76. The van der Waals surface area contributed by atoms with Crippen LogP contribution in [-0.2, 0) is 9.59 Å². The second-order valence-electron chi connectivity index (χ2n) is 7.38. The summed E-state index contributed by atoms with van der Waals surface area (Å²) >= 11 is 0. The highest BCUT2D eigenvalue weighted by Gasteiger charge is 2.58. The zero-order valence-corrected chi connectivity index (χ0v) is 11.6. The van der Waals surface area contributed by atoms with Crippen LogP contribution in [0.3, 0.4) is 0 Å². The molecule has 4 fully saturated rings. The summed E-state index contributed by atoms with van der Waals surface area (Å²) in [6.07, 6.45) is 7.53. The van der Waals surface area contributed by atoms with Crippen molar-refractivity contribution in [2.75, 3.05) is 7.05 Å². The van der Waals surface area contributed by atoms with Gasteiger partial charge < -0.3 is 10.4 Å². The zero-order chi connectivity index (χ0) is 13.7. The number of aliphatic carboxylic acids is 1. The van der Waals surface area contributed by atoms with Crippen LogP contribution in [0.4, 0.5) is 0 Å². The molecular weight excluding hydrogens is 242 g/mol. The standard InChI is InChI=1S/C15H23NO3/c1-16-12(17)7-14-3-10-2-11(4-14)6-15(5-10,9-14)8-13(18)19/h10-11H,2-9H2,1H3,(H,16,17)(H,18,19). The Balaban J connectivity index is 1.84. The van der Waals surface area contributed by atoms with E-state index in [1.807, 2.05) is 0 Å². The molecule has 0 aromatic heterocycles. The molecule has 2 unspecified atom stereocenters. The van der Waals surface area contributed by atoms with Crippen LogP contribution in [0.15, 0.2) is 0 Å². The molecule has 0 radical (unpaired) electrons. The van der Waals surface area contributed by atoms with Crippen LogP contribution < -0.4 is 5.32 Å². The average Bonchev–Trinajstić information content (AvgIpc) is 2.24. The predicted molar refractivity (Wildman–Crippen MR) is 70.5 cm³/mol. The highest BCUT2D eigenvalue weighted by atomic mass is 16.4. The molecule has 0 aromatic rings. The fourth-order valence-electron chi connectivity index (χ4n) is 5.81. The Kier molecular flexibility index (Phi) is 2.88. The normalized spacial score (nSPS) is 43.2. The first-order chi connectivity index (χ1) is 8.94. The molecule has 0 aliphatic heterocycles. The van der Waals surface area contributed by atoms with Gasteiger partial charge in [-0.25, -0.2) is 0 Å². The van der Waals surface area contributed by atoms with Crippen molar-refractivity contribution < 1.29 is 14.7 Å². The molecule has 0 heterocycles. The summed E-state index contributed by atoms with van der Waals surface area (Å²) in [5, 5.41) is 11.9. The summed E-state index contributed by atoms with van der Waals surface area (Å²) in [6.45, 7) is 0. The molecule has 0 saturated heterocycles. The van der Waals surface area contributed by atoms with Crippen LogP contribution in [0.1, 0.15) is 51.4 Å². The average molecular weight is 265 g/mol. The van der Waals surface area contributed by atoms with E-state index in [0.29, 0.717) is 24.7 Å². The smallest absolute Gasteiger partial charge is 0.303 e. The Morgan fingerprint density at radius 2 is 1.63 bits per heavy atom. The number of hydrogen-bond donors (Lipinski definition) is 2. The summed E-state index contributed by atoms with van der Waals surface area (Å²) in [4.78, 5) is 23.0. The van der Waals surface area contributed by atoms with Crippen LogP contribution in [0, 0.1) is 22.7 Å². The monoisotopic (exact) mass is 265 g/mol. The summed E-state index contributed by atoms with van der Waals surface area (Å²) in [7, 11) is 1.69. The van der Waals surface area contributed by atoms with Gasteiger partial charge in [0.05, 0.1) is 6.42 Å². The first-order valence-electron chi connectivity index (χ1n) is 7.37. The van der Waals surface area contributed by atoms with E-state index in [0.717, 1.165) is 32.1 Å². The number of carbonyl (C=O) groups is 2. The van der Waals surface area contributed by atoms with Gasteiger partial charge in [0.2, 0.25) is 5.91 Å². The van der Waals surface area contributed by atoms with Gasteiger partial charge in [-0.1, -0.05) is 0 Å². The first-order valence-corrected chi connectivity index (χ1v) is 7.37. The number of amides is 1. The van der Waals surface area contributed by atoms with Crippen LogP contribution in [-0.4, -0.2) is 24.0 Å². The van der Waals surface area contributed by atoms with Gasteiger partial charge in [-0.05, 0) is 61.2 Å². The van der Waals surface area contributed by atoms with Gasteiger partial charge in [-0.15, -0.1) is 0 Å². The quantitative estimate of drug-likeness (QED) is 0.818. The molecule has 2 atom stereocenters. The topological polar surface area (TPSA) is 66.4 Å². The van der Waals surface area contributed by atoms with Gasteiger partial charge in [0.15, 0.2) is 0 Å². The lowest BCUT2D eigenvalue weighted by atomic mass is 9.43. The second kappa shape index (κ2) is 4.22. The van der Waals surface area contributed by atoms with Gasteiger partial charge >= 0.3 is 5.97 Å². The van der Waals surface area contributed by atoms with Gasteiger partial charge in [-0.2, -0.15) is 0 Å². The fourth-order valence-corrected chi connectivity index (χ4v) is 5.81. The summed E-state index contributed by atoms with van der Waals surface area (Å²) in [6, 6.07) is 0. The van der Waals surface area contributed by atoms with Crippen LogP contribution in [0.5, 0.6) is 0 Å². The van der Waals surface area contributed by atoms with Crippen molar-refractivity contribution >= 4 is 11.9 Å². The van der Waals surface area contributed by atoms with Crippen LogP contribution >= 0.6 is 0 Å². The number of nitrogens with one attached hydrogen (secondary N) is 1. The molecule has 0 spiro atoms. The first kappa shape index (κ1) is 12.9. The van der Waals surface area contributed by atoms with Gasteiger partial charge in [0.1, 0.15) is 0 Å². The van der Waals surface area contributed by atoms with E-state index >= 15 is 0 Å². The second-order valence-corrected chi connectivity index (χ2v) is 7.38. The SMILES string of the molecule is CNC(=O)CC12CC3CC(CC(CC(=O)O)(C3)C1)C2. The van der Waals surface area contributed by atoms with Crippen molar-refractivity contribution in [3.05, 3.63) is 0 Å². The van der Waals surface area contributed by atoms with Crippen molar-refractivity contribution in [3.8, 4) is 0 Å². The number of hydrogen-bond acceptors (Lipinski definition) is 2. The molecule has 19 heavy (non-hydrogen) atoms. The molecular formula is C15H23NO3. The largest absolute Gasteiger partial charge is 0.481 e. The zero-order valence-electron chi connectivity index (χ0n) is 11.6. The predicted octanol–water partition coefficient (Wildman–Crippen LogP) is 2.18. The van der Waals surface area contributed by atoms with Crippen molar-refractivity contribution in [2.24, 2.45) is 22.7 Å². The van der Waals surface area contributed by atoms with Crippen molar-refractivity contribution in [3.63, 3.8) is 0 Å². The molecule has 1 amide bonds. The van der Waals surface area contributed by atoms with Gasteiger partial charge in [0.25, 0.3) is 0 Å². The molecule has 4 aliphatic carbocycles. The third-order valence-electron chi connectivity index (χ3n) is 5.64. The Labute approximate surface area is 113 Å². The van der Waals surface area contributed by atoms with Gasteiger partial charge in [-0.3, -0.25) is 9.59 Å². The number of rotatable bonds is 4. The van der Waals surface area contributed by atoms with Crippen LogP contribution in [0.25, 0.3) is 0 Å². The Morgan fingerprint density at radius 3 is 2.11 bits per heavy atom. The fraction of sp³-hybridized carbons (Fsp3) is 0.867. The maximum Gasteiger partial charge on any atom is 0.303 e. The lowest BCUT2D eigenvalue weighted by Gasteiger charge is -2.62. The number of carboxylic acids is 1. The molecule has 4 aliphatic rings. The molecule has 4 nitrogen and oxygen atoms in total. The summed E-state index contributed by atoms with van der Waals surface area (Å²) in [5.74, 6) is 0.764. The lowest BCUT2D eigenvalue weighted by Crippen LogP contribution is -2.53. The van der Waals surface area contributed by atoms with E-state index in [9.17, 15) is 14.7 Å². The Hall–Kier alpha value is -1.06. The van der Waals surface area contributed by atoms with Gasteiger partial charge in [0, 0.05) is 13.5 Å². The number of carboxylic acid groups (broad SMARTS) is 1. The number of carbonyl (C=O) groups excluding carboxylic acids is 1. The van der Waals surface area contributed by atoms with Crippen molar-refractivity contribution in [1.82, 2.24) is 5.32 Å². The molecule has 106 valence electrons. The molecule has 4 saturated carbocycles. The maximum absolute atomic E-state index is 11.8. The maximum atomic E-state index is 11.8. The minimum atomic E-state index is -0.669. The van der Waals surface area contributed by atoms with E-state index in [-0.39, 0.29) is 16.7 Å². The third-order valence-corrected chi connectivity index (χ3v) is 5.64.